The highest BCUT2D eigenvalue weighted by Gasteiger charge is 2.23. The van der Waals surface area contributed by atoms with Crippen LogP contribution in [0.4, 0.5) is 0 Å². The molecule has 2 rings (SSSR count). The summed E-state index contributed by atoms with van der Waals surface area (Å²) in [6, 6.07) is 3.53. The van der Waals surface area contributed by atoms with Gasteiger partial charge in [-0.15, -0.1) is 0 Å². The molecule has 1 saturated heterocycles. The molecule has 20 heavy (non-hydrogen) atoms. The number of ether oxygens (including phenoxy) is 3. The van der Waals surface area contributed by atoms with Crippen LogP contribution in [-0.2, 0) is 0 Å². The fourth-order valence-corrected chi connectivity index (χ4v) is 2.32. The van der Waals surface area contributed by atoms with Gasteiger partial charge in [-0.25, -0.2) is 0 Å². The van der Waals surface area contributed by atoms with Crippen molar-refractivity contribution in [3.8, 4) is 17.2 Å². The van der Waals surface area contributed by atoms with Gasteiger partial charge in [0.2, 0.25) is 5.75 Å². The molecule has 1 amide bonds. The van der Waals surface area contributed by atoms with E-state index in [1.54, 1.807) is 19.2 Å². The van der Waals surface area contributed by atoms with Gasteiger partial charge in [0.05, 0.1) is 26.9 Å². The first-order valence-corrected chi connectivity index (χ1v) is 6.51. The molecule has 1 heterocycles. The van der Waals surface area contributed by atoms with E-state index in [2.05, 4.69) is 10.6 Å². The number of methoxy groups -OCH3 is 3. The van der Waals surface area contributed by atoms with Gasteiger partial charge in [-0.1, -0.05) is 0 Å². The molecular weight excluding hydrogens is 260 g/mol. The summed E-state index contributed by atoms with van der Waals surface area (Å²) in [6.45, 7) is 1.72. The summed E-state index contributed by atoms with van der Waals surface area (Å²) in [6.07, 6.45) is 0.932. The first-order valence-electron chi connectivity index (χ1n) is 6.51. The number of carbonyl (C=O) groups is 1. The first kappa shape index (κ1) is 14.5. The number of amides is 1. The number of rotatable bonds is 5. The topological polar surface area (TPSA) is 68.8 Å². The molecule has 6 nitrogen and oxygen atoms in total. The van der Waals surface area contributed by atoms with Crippen molar-refractivity contribution < 1.29 is 19.0 Å². The lowest BCUT2D eigenvalue weighted by molar-refractivity contribution is 0.0936. The molecule has 1 aliphatic heterocycles. The van der Waals surface area contributed by atoms with Gasteiger partial charge in [-0.2, -0.15) is 0 Å². The third-order valence-corrected chi connectivity index (χ3v) is 3.34. The minimum Gasteiger partial charge on any atom is -0.493 e. The zero-order valence-electron chi connectivity index (χ0n) is 12.0. The number of nitrogens with one attached hydrogen (secondary N) is 2. The maximum Gasteiger partial charge on any atom is 0.255 e. The van der Waals surface area contributed by atoms with Crippen LogP contribution >= 0.6 is 0 Å². The Balaban J connectivity index is 2.27. The van der Waals surface area contributed by atoms with E-state index in [4.69, 9.17) is 14.2 Å². The Morgan fingerprint density at radius 1 is 1.20 bits per heavy atom. The highest BCUT2D eigenvalue weighted by atomic mass is 16.5. The summed E-state index contributed by atoms with van der Waals surface area (Å²) in [4.78, 5) is 12.3. The second-order valence-electron chi connectivity index (χ2n) is 4.55. The Hall–Kier alpha value is -1.95. The van der Waals surface area contributed by atoms with Gasteiger partial charge in [0, 0.05) is 12.6 Å². The Labute approximate surface area is 118 Å². The van der Waals surface area contributed by atoms with E-state index in [0.29, 0.717) is 22.8 Å². The number of hydrogen-bond donors (Lipinski definition) is 2. The van der Waals surface area contributed by atoms with Crippen molar-refractivity contribution in [3.63, 3.8) is 0 Å². The maximum absolute atomic E-state index is 12.3. The normalized spacial score (nSPS) is 17.6. The third kappa shape index (κ3) is 2.80. The second-order valence-corrected chi connectivity index (χ2v) is 4.55. The van der Waals surface area contributed by atoms with E-state index in [1.807, 2.05) is 0 Å². The summed E-state index contributed by atoms with van der Waals surface area (Å²) in [5.74, 6) is 1.17. The van der Waals surface area contributed by atoms with Crippen LogP contribution in [0.3, 0.4) is 0 Å². The minimum atomic E-state index is -0.170. The Bertz CT molecular complexity index is 484. The predicted octanol–water partition coefficient (Wildman–Crippen LogP) is 0.804. The Morgan fingerprint density at radius 3 is 2.50 bits per heavy atom. The summed E-state index contributed by atoms with van der Waals surface area (Å²) in [7, 11) is 4.56. The Kier molecular flexibility index (Phi) is 4.68. The summed E-state index contributed by atoms with van der Waals surface area (Å²) >= 11 is 0. The average molecular weight is 280 g/mol. The van der Waals surface area contributed by atoms with E-state index in [-0.39, 0.29) is 11.9 Å². The van der Waals surface area contributed by atoms with Crippen molar-refractivity contribution in [1.82, 2.24) is 10.6 Å². The first-order chi connectivity index (χ1) is 9.71. The van der Waals surface area contributed by atoms with Crippen molar-refractivity contribution in [2.75, 3.05) is 34.4 Å². The van der Waals surface area contributed by atoms with Crippen LogP contribution in [0.15, 0.2) is 12.1 Å². The van der Waals surface area contributed by atoms with E-state index < -0.39 is 0 Å². The molecule has 0 spiro atoms. The van der Waals surface area contributed by atoms with Gasteiger partial charge in [0.25, 0.3) is 5.91 Å². The van der Waals surface area contributed by atoms with Crippen LogP contribution in [-0.4, -0.2) is 46.4 Å². The van der Waals surface area contributed by atoms with E-state index in [0.717, 1.165) is 19.5 Å². The smallest absolute Gasteiger partial charge is 0.255 e. The van der Waals surface area contributed by atoms with Gasteiger partial charge < -0.3 is 24.8 Å². The van der Waals surface area contributed by atoms with Gasteiger partial charge >= 0.3 is 0 Å². The summed E-state index contributed by atoms with van der Waals surface area (Å²) in [5.41, 5.74) is 0.442. The average Bonchev–Trinajstić information content (AvgIpc) is 2.98. The molecule has 0 aromatic heterocycles. The third-order valence-electron chi connectivity index (χ3n) is 3.34. The van der Waals surface area contributed by atoms with Crippen LogP contribution in [0.1, 0.15) is 16.8 Å². The molecule has 0 aliphatic carbocycles. The number of carbonyl (C=O) groups excluding carboxylic acids is 1. The molecule has 0 saturated carbocycles. The quantitative estimate of drug-likeness (QED) is 0.835. The molecule has 1 aromatic rings. The molecule has 0 bridgehead atoms. The molecule has 0 radical (unpaired) electrons. The fraction of sp³-hybridized carbons (Fsp3) is 0.500. The lowest BCUT2D eigenvalue weighted by Crippen LogP contribution is -2.36. The molecule has 1 aromatic carbocycles. The number of hydrogen-bond acceptors (Lipinski definition) is 5. The van der Waals surface area contributed by atoms with Crippen molar-refractivity contribution >= 4 is 5.91 Å². The van der Waals surface area contributed by atoms with E-state index >= 15 is 0 Å². The molecule has 1 atom stereocenters. The van der Waals surface area contributed by atoms with Gasteiger partial charge in [0.15, 0.2) is 11.5 Å². The molecule has 0 unspecified atom stereocenters. The monoisotopic (exact) mass is 280 g/mol. The standard InChI is InChI=1S/C14H20N2O4/c1-18-11-5-4-10(12(19-2)13(11)20-3)14(17)16-9-6-7-15-8-9/h4-5,9,15H,6-8H2,1-3H3,(H,16,17)/t9-/m1/s1. The minimum absolute atomic E-state index is 0.153. The van der Waals surface area contributed by atoms with Crippen molar-refractivity contribution in [3.05, 3.63) is 17.7 Å². The predicted molar refractivity (Wildman–Crippen MR) is 74.8 cm³/mol. The zero-order chi connectivity index (χ0) is 14.5. The molecule has 1 aliphatic rings. The summed E-state index contributed by atoms with van der Waals surface area (Å²) < 4.78 is 15.8. The fourth-order valence-electron chi connectivity index (χ4n) is 2.32. The molecular formula is C14H20N2O4. The van der Waals surface area contributed by atoms with Crippen molar-refractivity contribution in [1.29, 1.82) is 0 Å². The maximum atomic E-state index is 12.3. The van der Waals surface area contributed by atoms with Crippen LogP contribution in [0, 0.1) is 0 Å². The molecule has 110 valence electrons. The zero-order valence-corrected chi connectivity index (χ0v) is 12.0. The Morgan fingerprint density at radius 2 is 1.95 bits per heavy atom. The molecule has 2 N–H and O–H groups in total. The van der Waals surface area contributed by atoms with Crippen LogP contribution in [0.2, 0.25) is 0 Å². The lowest BCUT2D eigenvalue weighted by Gasteiger charge is -2.17. The summed E-state index contributed by atoms with van der Waals surface area (Å²) in [5, 5.41) is 6.19. The van der Waals surface area contributed by atoms with E-state index in [1.165, 1.54) is 14.2 Å². The van der Waals surface area contributed by atoms with Crippen LogP contribution in [0.25, 0.3) is 0 Å². The van der Waals surface area contributed by atoms with Crippen LogP contribution in [0.5, 0.6) is 17.2 Å². The largest absolute Gasteiger partial charge is 0.493 e. The molecule has 6 heteroatoms. The van der Waals surface area contributed by atoms with Crippen LogP contribution < -0.4 is 24.8 Å². The van der Waals surface area contributed by atoms with Gasteiger partial charge in [-0.3, -0.25) is 4.79 Å². The van der Waals surface area contributed by atoms with Gasteiger partial charge in [0.1, 0.15) is 0 Å². The van der Waals surface area contributed by atoms with E-state index in [9.17, 15) is 4.79 Å². The second kappa shape index (κ2) is 6.47. The van der Waals surface area contributed by atoms with Crippen molar-refractivity contribution in [2.45, 2.75) is 12.5 Å². The molecule has 1 fully saturated rings. The number of benzene rings is 1. The van der Waals surface area contributed by atoms with Crippen molar-refractivity contribution in [2.24, 2.45) is 0 Å². The SMILES string of the molecule is COc1ccc(C(=O)N[C@@H]2CCNC2)c(OC)c1OC. The highest BCUT2D eigenvalue weighted by Crippen LogP contribution is 2.39. The lowest BCUT2D eigenvalue weighted by atomic mass is 10.1. The highest BCUT2D eigenvalue weighted by molar-refractivity contribution is 5.98. The van der Waals surface area contributed by atoms with Gasteiger partial charge in [-0.05, 0) is 25.1 Å².